The average molecular weight is 421 g/mol. The summed E-state index contributed by atoms with van der Waals surface area (Å²) in [6.45, 7) is 11.3. The van der Waals surface area contributed by atoms with Crippen LogP contribution in [0.25, 0.3) is 0 Å². The number of sulfone groups is 1. The van der Waals surface area contributed by atoms with E-state index in [4.69, 9.17) is 4.99 Å². The van der Waals surface area contributed by atoms with Crippen LogP contribution in [0.1, 0.15) is 44.7 Å². The Bertz CT molecular complexity index is 799. The number of nitrogens with one attached hydrogen (secondary N) is 2. The van der Waals surface area contributed by atoms with Crippen LogP contribution in [-0.4, -0.2) is 56.5 Å². The van der Waals surface area contributed by atoms with E-state index in [2.05, 4.69) is 53.6 Å². The zero-order valence-electron chi connectivity index (χ0n) is 18.0. The van der Waals surface area contributed by atoms with Crippen molar-refractivity contribution in [3.8, 4) is 0 Å². The van der Waals surface area contributed by atoms with Crippen LogP contribution in [0.5, 0.6) is 0 Å². The minimum atomic E-state index is -2.91. The molecule has 2 aliphatic heterocycles. The highest BCUT2D eigenvalue weighted by Crippen LogP contribution is 2.23. The normalized spacial score (nSPS) is 27.7. The van der Waals surface area contributed by atoms with Crippen molar-refractivity contribution < 1.29 is 8.42 Å². The molecule has 1 aromatic rings. The van der Waals surface area contributed by atoms with E-state index in [0.29, 0.717) is 18.9 Å². The maximum atomic E-state index is 11.7. The zero-order valence-corrected chi connectivity index (χ0v) is 18.8. The molecule has 2 heterocycles. The van der Waals surface area contributed by atoms with Gasteiger partial charge in [-0.1, -0.05) is 38.1 Å². The summed E-state index contributed by atoms with van der Waals surface area (Å²) >= 11 is 0. The molecule has 0 aliphatic carbocycles. The van der Waals surface area contributed by atoms with Crippen LogP contribution in [0.15, 0.2) is 29.3 Å². The summed E-state index contributed by atoms with van der Waals surface area (Å²) in [5, 5.41) is 6.56. The van der Waals surface area contributed by atoms with Gasteiger partial charge in [-0.15, -0.1) is 0 Å². The molecule has 29 heavy (non-hydrogen) atoms. The lowest BCUT2D eigenvalue weighted by Gasteiger charge is -2.35. The second-order valence-electron chi connectivity index (χ2n) is 8.85. The van der Waals surface area contributed by atoms with Gasteiger partial charge < -0.3 is 10.6 Å². The molecule has 2 aliphatic rings. The van der Waals surface area contributed by atoms with Crippen molar-refractivity contribution in [1.29, 1.82) is 0 Å². The smallest absolute Gasteiger partial charge is 0.191 e. The molecule has 6 nitrogen and oxygen atoms in total. The molecule has 3 rings (SSSR count). The molecule has 162 valence electrons. The summed E-state index contributed by atoms with van der Waals surface area (Å²) in [6.07, 6.45) is 1.96. The monoisotopic (exact) mass is 420 g/mol. The lowest BCUT2D eigenvalue weighted by molar-refractivity contribution is 0.134. The van der Waals surface area contributed by atoms with Crippen LogP contribution in [0, 0.1) is 11.8 Å². The number of piperidine rings is 1. The van der Waals surface area contributed by atoms with Crippen molar-refractivity contribution >= 4 is 15.8 Å². The van der Waals surface area contributed by atoms with E-state index in [9.17, 15) is 8.42 Å². The molecule has 2 N–H and O–H groups in total. The van der Waals surface area contributed by atoms with Crippen LogP contribution < -0.4 is 10.6 Å². The molecule has 3 atom stereocenters. The van der Waals surface area contributed by atoms with Gasteiger partial charge in [0.25, 0.3) is 0 Å². The van der Waals surface area contributed by atoms with Crippen LogP contribution in [0.3, 0.4) is 0 Å². The molecule has 7 heteroatoms. The molecule has 1 aromatic carbocycles. The molecule has 0 amide bonds. The topological polar surface area (TPSA) is 73.8 Å². The number of hydrogen-bond donors (Lipinski definition) is 2. The number of nitrogens with zero attached hydrogens (tertiary/aromatic N) is 2. The molecule has 0 radical (unpaired) electrons. The quantitative estimate of drug-likeness (QED) is 0.546. The van der Waals surface area contributed by atoms with Crippen molar-refractivity contribution in [3.05, 3.63) is 35.4 Å². The van der Waals surface area contributed by atoms with Crippen molar-refractivity contribution in [3.63, 3.8) is 0 Å². The third-order valence-corrected chi connectivity index (χ3v) is 7.55. The van der Waals surface area contributed by atoms with Gasteiger partial charge in [0.2, 0.25) is 0 Å². The fraction of sp³-hybridized carbons (Fsp3) is 0.682. The number of benzene rings is 1. The number of likely N-dealkylation sites (tertiary alicyclic amines) is 1. The highest BCUT2D eigenvalue weighted by atomic mass is 32.2. The number of guanidine groups is 1. The third-order valence-electron chi connectivity index (χ3n) is 5.78. The summed E-state index contributed by atoms with van der Waals surface area (Å²) < 4.78 is 23.5. The standard InChI is InChI=1S/C22H36N4O2S/c1-4-23-22(25-21-9-10-29(27,28)16-21)24-12-19-7-5-6-8-20(19)15-26-13-17(2)11-18(3)14-26/h5-8,17-18,21H,4,9-16H2,1-3H3,(H2,23,24,25). The minimum absolute atomic E-state index is 0.0515. The molecule has 2 fully saturated rings. The lowest BCUT2D eigenvalue weighted by atomic mass is 9.91. The van der Waals surface area contributed by atoms with Crippen molar-refractivity contribution in [2.45, 2.75) is 52.7 Å². The minimum Gasteiger partial charge on any atom is -0.357 e. The highest BCUT2D eigenvalue weighted by Gasteiger charge is 2.28. The fourth-order valence-electron chi connectivity index (χ4n) is 4.61. The van der Waals surface area contributed by atoms with Crippen LogP contribution in [0.4, 0.5) is 0 Å². The summed E-state index contributed by atoms with van der Waals surface area (Å²) in [4.78, 5) is 7.32. The summed E-state index contributed by atoms with van der Waals surface area (Å²) in [7, 11) is -2.91. The van der Waals surface area contributed by atoms with Gasteiger partial charge in [-0.3, -0.25) is 4.90 Å². The van der Waals surface area contributed by atoms with Crippen LogP contribution >= 0.6 is 0 Å². The van der Waals surface area contributed by atoms with Crippen molar-refractivity contribution in [1.82, 2.24) is 15.5 Å². The Morgan fingerprint density at radius 1 is 1.17 bits per heavy atom. The first-order valence-electron chi connectivity index (χ1n) is 10.9. The number of hydrogen-bond acceptors (Lipinski definition) is 4. The Morgan fingerprint density at radius 3 is 2.48 bits per heavy atom. The summed E-state index contributed by atoms with van der Waals surface area (Å²) in [5.41, 5.74) is 2.56. The van der Waals surface area contributed by atoms with E-state index in [1.165, 1.54) is 17.5 Å². The molecule has 0 spiro atoms. The predicted octanol–water partition coefficient (Wildman–Crippen LogP) is 2.41. The third kappa shape index (κ3) is 6.71. The van der Waals surface area contributed by atoms with Gasteiger partial charge in [0, 0.05) is 32.2 Å². The second-order valence-corrected chi connectivity index (χ2v) is 11.1. The summed E-state index contributed by atoms with van der Waals surface area (Å²) in [6, 6.07) is 8.48. The Morgan fingerprint density at radius 2 is 1.86 bits per heavy atom. The first kappa shape index (κ1) is 22.1. The van der Waals surface area contributed by atoms with Gasteiger partial charge in [0.05, 0.1) is 18.1 Å². The van der Waals surface area contributed by atoms with E-state index >= 15 is 0 Å². The Hall–Kier alpha value is -1.60. The van der Waals surface area contributed by atoms with Crippen LogP contribution in [0.2, 0.25) is 0 Å². The summed E-state index contributed by atoms with van der Waals surface area (Å²) in [5.74, 6) is 2.65. The molecule has 0 aromatic heterocycles. The van der Waals surface area contributed by atoms with Gasteiger partial charge in [0.1, 0.15) is 0 Å². The Balaban J connectivity index is 1.66. The van der Waals surface area contributed by atoms with Crippen LogP contribution in [-0.2, 0) is 22.9 Å². The van der Waals surface area contributed by atoms with E-state index in [1.807, 2.05) is 6.92 Å². The predicted molar refractivity (Wildman–Crippen MR) is 120 cm³/mol. The van der Waals surface area contributed by atoms with E-state index in [-0.39, 0.29) is 17.5 Å². The largest absolute Gasteiger partial charge is 0.357 e. The molecule has 0 saturated carbocycles. The first-order valence-corrected chi connectivity index (χ1v) is 12.7. The van der Waals surface area contributed by atoms with Crippen molar-refractivity contribution in [2.24, 2.45) is 16.8 Å². The van der Waals surface area contributed by atoms with Gasteiger partial charge in [-0.2, -0.15) is 0 Å². The Labute approximate surface area is 176 Å². The molecular formula is C22H36N4O2S. The molecular weight excluding hydrogens is 384 g/mol. The maximum absolute atomic E-state index is 11.7. The molecule has 2 saturated heterocycles. The SMILES string of the molecule is CCNC(=NCc1ccccc1CN1CC(C)CC(C)C1)NC1CCS(=O)(=O)C1. The molecule has 3 unspecified atom stereocenters. The average Bonchev–Trinajstić information content (AvgIpc) is 2.98. The van der Waals surface area contributed by atoms with Gasteiger partial charge in [-0.05, 0) is 42.7 Å². The fourth-order valence-corrected chi connectivity index (χ4v) is 6.29. The lowest BCUT2D eigenvalue weighted by Crippen LogP contribution is -2.44. The van der Waals surface area contributed by atoms with Gasteiger partial charge in [-0.25, -0.2) is 13.4 Å². The molecule has 0 bridgehead atoms. The van der Waals surface area contributed by atoms with E-state index in [0.717, 1.165) is 38.0 Å². The number of rotatable bonds is 6. The highest BCUT2D eigenvalue weighted by molar-refractivity contribution is 7.91. The maximum Gasteiger partial charge on any atom is 0.191 e. The Kier molecular flexibility index (Phi) is 7.57. The zero-order chi connectivity index (χ0) is 20.9. The first-order chi connectivity index (χ1) is 13.8. The second kappa shape index (κ2) is 9.94. The van der Waals surface area contributed by atoms with E-state index in [1.54, 1.807) is 0 Å². The van der Waals surface area contributed by atoms with E-state index < -0.39 is 9.84 Å². The number of aliphatic imine (C=N–C) groups is 1. The van der Waals surface area contributed by atoms with Gasteiger partial charge in [0.15, 0.2) is 15.8 Å². The van der Waals surface area contributed by atoms with Crippen molar-refractivity contribution in [2.75, 3.05) is 31.1 Å². The van der Waals surface area contributed by atoms with Gasteiger partial charge >= 0.3 is 0 Å².